The fourth-order valence-electron chi connectivity index (χ4n) is 3.03. The predicted octanol–water partition coefficient (Wildman–Crippen LogP) is 4.73. The molecule has 1 aromatic rings. The highest BCUT2D eigenvalue weighted by Crippen LogP contribution is 2.43. The summed E-state index contributed by atoms with van der Waals surface area (Å²) >= 11 is 12.4. The Morgan fingerprint density at radius 1 is 1.26 bits per heavy atom. The van der Waals surface area contributed by atoms with Gasteiger partial charge in [0.25, 0.3) is 0 Å². The second-order valence-corrected chi connectivity index (χ2v) is 5.96. The molecule has 1 atom stereocenters. The minimum Gasteiger partial charge on any atom is -0.373 e. The Balaban J connectivity index is 2.33. The molecule has 1 aliphatic carbocycles. The molecule has 0 bridgehead atoms. The summed E-state index contributed by atoms with van der Waals surface area (Å²) in [6.45, 7) is 2.69. The number of ether oxygens (including phenoxy) is 1. The fourth-order valence-corrected chi connectivity index (χ4v) is 3.45. The summed E-state index contributed by atoms with van der Waals surface area (Å²) in [6, 6.07) is 5.41. The van der Waals surface area contributed by atoms with Gasteiger partial charge in [0.05, 0.1) is 21.7 Å². The van der Waals surface area contributed by atoms with Crippen molar-refractivity contribution in [2.24, 2.45) is 5.73 Å². The van der Waals surface area contributed by atoms with Gasteiger partial charge in [-0.3, -0.25) is 0 Å². The van der Waals surface area contributed by atoms with Gasteiger partial charge in [0.2, 0.25) is 0 Å². The summed E-state index contributed by atoms with van der Waals surface area (Å²) in [5.41, 5.74) is 7.10. The average Bonchev–Trinajstić information content (AvgIpc) is 2.42. The van der Waals surface area contributed by atoms with Crippen LogP contribution in [0.1, 0.15) is 50.6 Å². The molecule has 2 nitrogen and oxygen atoms in total. The zero-order chi connectivity index (χ0) is 13.9. The van der Waals surface area contributed by atoms with Crippen LogP contribution in [0.15, 0.2) is 18.2 Å². The van der Waals surface area contributed by atoms with Crippen LogP contribution in [0.4, 0.5) is 0 Å². The van der Waals surface area contributed by atoms with Gasteiger partial charge in [-0.15, -0.1) is 0 Å². The standard InChI is InChI=1S/C15H21Cl2NO/c1-2-19-15(9-4-3-5-10-15)14(18)11-7-6-8-12(16)13(11)17/h6-8,14H,2-5,9-10,18H2,1H3. The van der Waals surface area contributed by atoms with Crippen LogP contribution in [0.25, 0.3) is 0 Å². The van der Waals surface area contributed by atoms with Crippen molar-refractivity contribution in [1.82, 2.24) is 0 Å². The van der Waals surface area contributed by atoms with E-state index in [0.29, 0.717) is 16.7 Å². The normalized spacial score (nSPS) is 20.2. The maximum absolute atomic E-state index is 6.49. The molecule has 1 fully saturated rings. The van der Waals surface area contributed by atoms with Crippen molar-refractivity contribution in [3.05, 3.63) is 33.8 Å². The number of hydrogen-bond acceptors (Lipinski definition) is 2. The molecule has 0 heterocycles. The van der Waals surface area contributed by atoms with Gasteiger partial charge >= 0.3 is 0 Å². The Bertz CT molecular complexity index is 425. The molecule has 4 heteroatoms. The van der Waals surface area contributed by atoms with Crippen molar-refractivity contribution in [2.45, 2.75) is 50.7 Å². The van der Waals surface area contributed by atoms with Crippen molar-refractivity contribution in [2.75, 3.05) is 6.61 Å². The fraction of sp³-hybridized carbons (Fsp3) is 0.600. The van der Waals surface area contributed by atoms with Gasteiger partial charge in [0.1, 0.15) is 0 Å². The average molecular weight is 302 g/mol. The molecule has 2 rings (SSSR count). The highest BCUT2D eigenvalue weighted by molar-refractivity contribution is 6.42. The van der Waals surface area contributed by atoms with E-state index in [-0.39, 0.29) is 11.6 Å². The topological polar surface area (TPSA) is 35.2 Å². The van der Waals surface area contributed by atoms with Crippen molar-refractivity contribution >= 4 is 23.2 Å². The Labute approximate surface area is 125 Å². The zero-order valence-electron chi connectivity index (χ0n) is 11.3. The summed E-state index contributed by atoms with van der Waals surface area (Å²) in [5, 5.41) is 1.11. The Morgan fingerprint density at radius 3 is 2.58 bits per heavy atom. The lowest BCUT2D eigenvalue weighted by Gasteiger charge is -2.42. The minimum atomic E-state index is -0.290. The van der Waals surface area contributed by atoms with E-state index in [1.807, 2.05) is 19.1 Å². The number of rotatable bonds is 4. The maximum atomic E-state index is 6.49. The molecule has 106 valence electrons. The summed E-state index contributed by atoms with van der Waals surface area (Å²) in [6.07, 6.45) is 5.55. The maximum Gasteiger partial charge on any atom is 0.0874 e. The van der Waals surface area contributed by atoms with Crippen LogP contribution in [-0.4, -0.2) is 12.2 Å². The lowest BCUT2D eigenvalue weighted by atomic mass is 9.77. The largest absolute Gasteiger partial charge is 0.373 e. The highest BCUT2D eigenvalue weighted by atomic mass is 35.5. The van der Waals surface area contributed by atoms with Gasteiger partial charge in [-0.25, -0.2) is 0 Å². The number of hydrogen-bond donors (Lipinski definition) is 1. The van der Waals surface area contributed by atoms with Crippen molar-refractivity contribution in [3.63, 3.8) is 0 Å². The van der Waals surface area contributed by atoms with Crippen LogP contribution in [0.5, 0.6) is 0 Å². The summed E-state index contributed by atoms with van der Waals surface area (Å²) in [5.74, 6) is 0. The zero-order valence-corrected chi connectivity index (χ0v) is 12.8. The van der Waals surface area contributed by atoms with Crippen LogP contribution in [0, 0.1) is 0 Å². The third-order valence-corrected chi connectivity index (χ3v) is 4.85. The summed E-state index contributed by atoms with van der Waals surface area (Å²) in [7, 11) is 0. The van der Waals surface area contributed by atoms with Crippen LogP contribution >= 0.6 is 23.2 Å². The molecule has 19 heavy (non-hydrogen) atoms. The minimum absolute atomic E-state index is 0.223. The molecular formula is C15H21Cl2NO. The first-order valence-corrected chi connectivity index (χ1v) is 7.70. The molecule has 1 aliphatic rings. The van der Waals surface area contributed by atoms with Crippen molar-refractivity contribution in [1.29, 1.82) is 0 Å². The second-order valence-electron chi connectivity index (χ2n) is 5.18. The lowest BCUT2D eigenvalue weighted by Crippen LogP contribution is -2.45. The van der Waals surface area contributed by atoms with E-state index in [1.165, 1.54) is 6.42 Å². The SMILES string of the molecule is CCOC1(C(N)c2cccc(Cl)c2Cl)CCCCC1. The first-order chi connectivity index (χ1) is 9.10. The van der Waals surface area contributed by atoms with Gasteiger partial charge in [0.15, 0.2) is 0 Å². The van der Waals surface area contributed by atoms with Crippen LogP contribution in [0.2, 0.25) is 10.0 Å². The van der Waals surface area contributed by atoms with Gasteiger partial charge in [-0.1, -0.05) is 54.6 Å². The van der Waals surface area contributed by atoms with Gasteiger partial charge < -0.3 is 10.5 Å². The van der Waals surface area contributed by atoms with E-state index in [2.05, 4.69) is 0 Å². The van der Waals surface area contributed by atoms with E-state index < -0.39 is 0 Å². The smallest absolute Gasteiger partial charge is 0.0874 e. The number of nitrogens with two attached hydrogens (primary N) is 1. The first kappa shape index (κ1) is 15.1. The Morgan fingerprint density at radius 2 is 1.95 bits per heavy atom. The van der Waals surface area contributed by atoms with Gasteiger partial charge in [-0.05, 0) is 31.4 Å². The Kier molecular flexibility index (Phi) is 5.13. The van der Waals surface area contributed by atoms with Gasteiger partial charge in [-0.2, -0.15) is 0 Å². The summed E-state index contributed by atoms with van der Waals surface area (Å²) in [4.78, 5) is 0. The molecule has 0 radical (unpaired) electrons. The van der Waals surface area contributed by atoms with E-state index >= 15 is 0 Å². The van der Waals surface area contributed by atoms with Crippen LogP contribution in [0.3, 0.4) is 0 Å². The molecule has 2 N–H and O–H groups in total. The monoisotopic (exact) mass is 301 g/mol. The van der Waals surface area contributed by atoms with E-state index in [0.717, 1.165) is 31.2 Å². The second kappa shape index (κ2) is 6.45. The predicted molar refractivity (Wildman–Crippen MR) is 80.8 cm³/mol. The van der Waals surface area contributed by atoms with E-state index in [4.69, 9.17) is 33.7 Å². The first-order valence-electron chi connectivity index (χ1n) is 6.94. The molecule has 0 spiro atoms. The summed E-state index contributed by atoms with van der Waals surface area (Å²) < 4.78 is 6.05. The Hall–Kier alpha value is -0.280. The van der Waals surface area contributed by atoms with E-state index in [1.54, 1.807) is 6.07 Å². The third kappa shape index (κ3) is 3.08. The van der Waals surface area contributed by atoms with Crippen LogP contribution < -0.4 is 5.73 Å². The molecule has 0 amide bonds. The molecule has 0 saturated heterocycles. The number of benzene rings is 1. The molecular weight excluding hydrogens is 281 g/mol. The van der Waals surface area contributed by atoms with Crippen molar-refractivity contribution in [3.8, 4) is 0 Å². The molecule has 1 aromatic carbocycles. The highest BCUT2D eigenvalue weighted by Gasteiger charge is 2.40. The molecule has 1 saturated carbocycles. The number of halogens is 2. The van der Waals surface area contributed by atoms with Crippen LogP contribution in [-0.2, 0) is 4.74 Å². The lowest BCUT2D eigenvalue weighted by molar-refractivity contribution is -0.0830. The molecule has 1 unspecified atom stereocenters. The molecule has 0 aromatic heterocycles. The van der Waals surface area contributed by atoms with E-state index in [9.17, 15) is 0 Å². The molecule has 0 aliphatic heterocycles. The van der Waals surface area contributed by atoms with Gasteiger partial charge in [0, 0.05) is 6.61 Å². The third-order valence-electron chi connectivity index (χ3n) is 4.02. The van der Waals surface area contributed by atoms with Crippen molar-refractivity contribution < 1.29 is 4.74 Å². The quantitative estimate of drug-likeness (QED) is 0.872.